The Hall–Kier alpha value is -0.910. The molecule has 1 heterocycles. The predicted molar refractivity (Wildman–Crippen MR) is 68.4 cm³/mol. The minimum atomic E-state index is -5.19. The van der Waals surface area contributed by atoms with Gasteiger partial charge in [-0.05, 0) is 0 Å². The second kappa shape index (κ2) is 7.32. The fourth-order valence-corrected chi connectivity index (χ4v) is 2.99. The van der Waals surface area contributed by atoms with E-state index in [2.05, 4.69) is 8.37 Å². The zero-order valence-electron chi connectivity index (χ0n) is 11.5. The van der Waals surface area contributed by atoms with Gasteiger partial charge in [-0.3, -0.25) is 13.9 Å². The number of ether oxygens (including phenoxy) is 1. The minimum absolute atomic E-state index is 0.797. The molecule has 0 radical (unpaired) electrons. The Labute approximate surface area is 131 Å². The number of carbonyl (C=O) groups is 1. The third kappa shape index (κ3) is 6.24. The van der Waals surface area contributed by atoms with Crippen LogP contribution < -0.4 is 5.32 Å². The van der Waals surface area contributed by atoms with E-state index in [0.717, 1.165) is 6.92 Å². The van der Waals surface area contributed by atoms with Crippen LogP contribution in [0.4, 0.5) is 0 Å². The molecular weight excluding hydrogens is 366 g/mol. The molecule has 13 nitrogen and oxygen atoms in total. The molecule has 1 unspecified atom stereocenters. The second-order valence-corrected chi connectivity index (χ2v) is 6.55. The smallest absolute Gasteiger partial charge is 0.394 e. The highest BCUT2D eigenvalue weighted by Crippen LogP contribution is 2.27. The summed E-state index contributed by atoms with van der Waals surface area (Å²) < 4.78 is 74.2. The van der Waals surface area contributed by atoms with Crippen molar-refractivity contribution < 1.29 is 54.1 Å². The fraction of sp³-hybridized carbons (Fsp3) is 0.875. The Kier molecular flexibility index (Phi) is 6.41. The number of hydrogen-bond acceptors (Lipinski definition) is 10. The average molecular weight is 381 g/mol. The maximum absolute atomic E-state index is 11.1. The summed E-state index contributed by atoms with van der Waals surface area (Å²) >= 11 is 0. The molecule has 15 heteroatoms. The molecule has 1 fully saturated rings. The van der Waals surface area contributed by atoms with Gasteiger partial charge in [-0.25, -0.2) is 8.37 Å². The number of amides is 1. The molecule has 0 saturated carbocycles. The average Bonchev–Trinajstić information content (AvgIpc) is 2.33. The molecule has 0 aliphatic carbocycles. The number of aliphatic hydroxyl groups is 2. The van der Waals surface area contributed by atoms with Crippen LogP contribution in [0.3, 0.4) is 0 Å². The van der Waals surface area contributed by atoms with Gasteiger partial charge in [0.25, 0.3) is 0 Å². The van der Waals surface area contributed by atoms with Gasteiger partial charge >= 0.3 is 20.8 Å². The van der Waals surface area contributed by atoms with Gasteiger partial charge in [-0.1, -0.05) is 0 Å². The summed E-state index contributed by atoms with van der Waals surface area (Å²) in [4.78, 5) is 11.1. The van der Waals surface area contributed by atoms with Gasteiger partial charge < -0.3 is 20.3 Å². The van der Waals surface area contributed by atoms with Crippen molar-refractivity contribution in [2.24, 2.45) is 0 Å². The lowest BCUT2D eigenvalue weighted by Gasteiger charge is -2.42. The summed E-state index contributed by atoms with van der Waals surface area (Å²) in [7, 11) is -10.4. The zero-order valence-corrected chi connectivity index (χ0v) is 13.1. The summed E-state index contributed by atoms with van der Waals surface area (Å²) in [6.45, 7) is 0.00335. The first-order chi connectivity index (χ1) is 10.3. The van der Waals surface area contributed by atoms with Gasteiger partial charge in [0.05, 0.1) is 6.61 Å². The third-order valence-electron chi connectivity index (χ3n) is 2.68. The molecule has 0 aromatic heterocycles. The Balaban J connectivity index is 3.27. The molecule has 0 aromatic carbocycles. The van der Waals surface area contributed by atoms with Crippen molar-refractivity contribution in [3.63, 3.8) is 0 Å². The summed E-state index contributed by atoms with van der Waals surface area (Å²) in [5.41, 5.74) is 0. The third-order valence-corrected chi connectivity index (χ3v) is 3.61. The van der Waals surface area contributed by atoms with Crippen LogP contribution >= 0.6 is 0 Å². The quantitative estimate of drug-likeness (QED) is 0.285. The lowest BCUT2D eigenvalue weighted by Crippen LogP contribution is -2.65. The second-order valence-electron chi connectivity index (χ2n) is 4.45. The molecule has 1 aliphatic rings. The molecule has 1 aliphatic heterocycles. The first kappa shape index (κ1) is 20.1. The van der Waals surface area contributed by atoms with Crippen molar-refractivity contribution in [1.82, 2.24) is 5.32 Å². The number of rotatable bonds is 6. The Morgan fingerprint density at radius 2 is 1.61 bits per heavy atom. The first-order valence-corrected chi connectivity index (χ1v) is 8.60. The van der Waals surface area contributed by atoms with Crippen molar-refractivity contribution >= 4 is 26.7 Å². The van der Waals surface area contributed by atoms with E-state index in [1.165, 1.54) is 0 Å². The van der Waals surface area contributed by atoms with Crippen LogP contribution in [0.5, 0.6) is 0 Å². The van der Waals surface area contributed by atoms with E-state index in [4.69, 9.17) is 18.9 Å². The Bertz CT molecular complexity index is 629. The zero-order chi connectivity index (χ0) is 18.0. The van der Waals surface area contributed by atoms with E-state index in [-0.39, 0.29) is 0 Å². The first-order valence-electron chi connectivity index (χ1n) is 5.87. The van der Waals surface area contributed by atoms with Crippen molar-refractivity contribution in [3.8, 4) is 0 Å². The summed E-state index contributed by atoms with van der Waals surface area (Å²) in [6.07, 6.45) is -7.67. The van der Waals surface area contributed by atoms with E-state index in [0.29, 0.717) is 0 Å². The lowest BCUT2D eigenvalue weighted by molar-refractivity contribution is -0.244. The summed E-state index contributed by atoms with van der Waals surface area (Å²) in [5.74, 6) is -0.797. The standard InChI is InChI=1S/C8H15NO12S2/c1-3(11)9-5-7(21-23(16,17)18)6(20-22(13,14)15)4(2-10)19-8(5)12/h4-8,10,12H,2H2,1H3,(H,9,11)(H,13,14,15)(H,16,17,18)/t4-,5-,6+,7-,8?/m1/s1. The highest BCUT2D eigenvalue weighted by molar-refractivity contribution is 7.81. The number of hydrogen-bond donors (Lipinski definition) is 5. The monoisotopic (exact) mass is 381 g/mol. The number of carbonyl (C=O) groups excluding carboxylic acids is 1. The van der Waals surface area contributed by atoms with Gasteiger partial charge in [0, 0.05) is 6.92 Å². The Morgan fingerprint density at radius 1 is 1.13 bits per heavy atom. The molecule has 0 spiro atoms. The molecule has 1 saturated heterocycles. The largest absolute Gasteiger partial charge is 0.397 e. The van der Waals surface area contributed by atoms with Crippen LogP contribution in [0.15, 0.2) is 0 Å². The Morgan fingerprint density at radius 3 is 2.00 bits per heavy atom. The highest BCUT2D eigenvalue weighted by atomic mass is 32.3. The van der Waals surface area contributed by atoms with Gasteiger partial charge in [-0.15, -0.1) is 0 Å². The van der Waals surface area contributed by atoms with Gasteiger partial charge in [0.1, 0.15) is 24.4 Å². The minimum Gasteiger partial charge on any atom is -0.394 e. The SMILES string of the molecule is CC(=O)N[C@H]1C(O)O[C@H](CO)[C@H](OS(=O)(=O)O)[C@@H]1OS(=O)(=O)O. The van der Waals surface area contributed by atoms with Gasteiger partial charge in [0.2, 0.25) is 5.91 Å². The topological polar surface area (TPSA) is 206 Å². The highest BCUT2D eigenvalue weighted by Gasteiger charge is 2.50. The molecule has 23 heavy (non-hydrogen) atoms. The number of aliphatic hydroxyl groups excluding tert-OH is 2. The molecule has 5 atom stereocenters. The van der Waals surface area contributed by atoms with Crippen molar-refractivity contribution in [2.45, 2.75) is 37.6 Å². The molecule has 0 aromatic rings. The summed E-state index contributed by atoms with van der Waals surface area (Å²) in [5, 5.41) is 20.9. The van der Waals surface area contributed by atoms with E-state index < -0.39 is 64.0 Å². The van der Waals surface area contributed by atoms with E-state index in [1.54, 1.807) is 0 Å². The van der Waals surface area contributed by atoms with Gasteiger partial charge in [-0.2, -0.15) is 16.8 Å². The normalized spacial score (nSPS) is 32.5. The molecule has 5 N–H and O–H groups in total. The van der Waals surface area contributed by atoms with Crippen molar-refractivity contribution in [1.29, 1.82) is 0 Å². The van der Waals surface area contributed by atoms with Crippen LogP contribution in [0, 0.1) is 0 Å². The maximum atomic E-state index is 11.1. The van der Waals surface area contributed by atoms with E-state index in [1.807, 2.05) is 5.32 Å². The van der Waals surface area contributed by atoms with Crippen LogP contribution in [0.25, 0.3) is 0 Å². The molecule has 136 valence electrons. The van der Waals surface area contributed by atoms with Crippen LogP contribution in [0.1, 0.15) is 6.92 Å². The van der Waals surface area contributed by atoms with Crippen molar-refractivity contribution in [3.05, 3.63) is 0 Å². The fourth-order valence-electron chi connectivity index (χ4n) is 1.97. The molecule has 1 rings (SSSR count). The summed E-state index contributed by atoms with van der Waals surface area (Å²) in [6, 6.07) is -1.70. The lowest BCUT2D eigenvalue weighted by atomic mass is 9.97. The maximum Gasteiger partial charge on any atom is 0.397 e. The van der Waals surface area contributed by atoms with Crippen molar-refractivity contribution in [2.75, 3.05) is 6.61 Å². The van der Waals surface area contributed by atoms with Crippen LogP contribution in [0.2, 0.25) is 0 Å². The van der Waals surface area contributed by atoms with Gasteiger partial charge in [0.15, 0.2) is 6.29 Å². The molecule has 0 bridgehead atoms. The van der Waals surface area contributed by atoms with E-state index in [9.17, 15) is 26.7 Å². The van der Waals surface area contributed by atoms with Crippen LogP contribution in [-0.2, 0) is 38.7 Å². The predicted octanol–water partition coefficient (Wildman–Crippen LogP) is -3.42. The van der Waals surface area contributed by atoms with E-state index >= 15 is 0 Å². The molecule has 1 amide bonds. The number of nitrogens with one attached hydrogen (secondary N) is 1. The van der Waals surface area contributed by atoms with Crippen LogP contribution in [-0.4, -0.2) is 79.3 Å². The molecular formula is C8H15NO12S2.